The molecule has 4 nitrogen and oxygen atoms in total. The summed E-state index contributed by atoms with van der Waals surface area (Å²) >= 11 is 0. The smallest absolute Gasteiger partial charge is 0.246 e. The zero-order valence-electron chi connectivity index (χ0n) is 14.0. The Bertz CT molecular complexity index is 660. The molecule has 1 amide bonds. The lowest BCUT2D eigenvalue weighted by atomic mass is 10.0. The summed E-state index contributed by atoms with van der Waals surface area (Å²) in [6.07, 6.45) is 4.34. The number of hydrogen-bond acceptors (Lipinski definition) is 3. The Labute approximate surface area is 148 Å². The molecule has 0 aliphatic heterocycles. The molecule has 0 saturated carbocycles. The minimum atomic E-state index is -0.280. The Morgan fingerprint density at radius 2 is 1.64 bits per heavy atom. The highest BCUT2D eigenvalue weighted by molar-refractivity contribution is 5.77. The van der Waals surface area contributed by atoms with Gasteiger partial charge >= 0.3 is 0 Å². The fraction of sp³-hybridized carbons (Fsp3) is 0.286. The van der Waals surface area contributed by atoms with Gasteiger partial charge in [-0.25, -0.2) is 0 Å². The first-order valence-corrected chi connectivity index (χ1v) is 8.56. The Hall–Kier alpha value is -2.43. The number of carbonyl (C=O) groups excluding carboxylic acids is 1. The van der Waals surface area contributed by atoms with Gasteiger partial charge in [0.2, 0.25) is 5.91 Å². The van der Waals surface area contributed by atoms with Crippen LogP contribution in [0.4, 0.5) is 0 Å². The predicted molar refractivity (Wildman–Crippen MR) is 96.9 cm³/mol. The summed E-state index contributed by atoms with van der Waals surface area (Å²) in [5.74, 6) is -0.0160. The number of aliphatic hydroxyl groups excluding tert-OH is 1. The molecule has 0 bridgehead atoms. The monoisotopic (exact) mass is 337 g/mol. The second kappa shape index (κ2) is 8.60. The quantitative estimate of drug-likeness (QED) is 0.764. The van der Waals surface area contributed by atoms with Gasteiger partial charge in [-0.15, -0.1) is 0 Å². The third-order valence-corrected chi connectivity index (χ3v) is 4.34. The van der Waals surface area contributed by atoms with Crippen molar-refractivity contribution in [3.63, 3.8) is 0 Å². The summed E-state index contributed by atoms with van der Waals surface area (Å²) < 4.78 is 5.95. The van der Waals surface area contributed by atoms with E-state index in [0.29, 0.717) is 0 Å². The summed E-state index contributed by atoms with van der Waals surface area (Å²) in [6, 6.07) is 19.8. The number of rotatable bonds is 7. The third-order valence-electron chi connectivity index (χ3n) is 4.34. The highest BCUT2D eigenvalue weighted by atomic mass is 16.5. The van der Waals surface area contributed by atoms with Crippen molar-refractivity contribution in [2.75, 3.05) is 13.2 Å². The van der Waals surface area contributed by atoms with E-state index in [9.17, 15) is 4.79 Å². The van der Waals surface area contributed by atoms with E-state index >= 15 is 0 Å². The number of amides is 1. The fourth-order valence-electron chi connectivity index (χ4n) is 3.07. The van der Waals surface area contributed by atoms with Gasteiger partial charge < -0.3 is 15.2 Å². The van der Waals surface area contributed by atoms with Crippen LogP contribution in [-0.4, -0.2) is 30.3 Å². The molecule has 2 N–H and O–H groups in total. The third kappa shape index (κ3) is 4.78. The lowest BCUT2D eigenvalue weighted by Crippen LogP contribution is -2.36. The van der Waals surface area contributed by atoms with E-state index in [4.69, 9.17) is 9.84 Å². The molecule has 2 aromatic rings. The fourth-order valence-corrected chi connectivity index (χ4v) is 3.07. The number of aliphatic hydroxyl groups is 1. The van der Waals surface area contributed by atoms with Crippen molar-refractivity contribution in [1.29, 1.82) is 0 Å². The standard InChI is InChI=1S/C21H23NO3/c23-14-16-11-12-19(13-16)22-20(24)15-25-21(17-7-3-1-4-8-17)18-9-5-2-6-10-18/h1-12,16,19,21,23H,13-15H2,(H,22,24)/t16-,19+/m0/s1. The van der Waals surface area contributed by atoms with Crippen LogP contribution in [0.2, 0.25) is 0 Å². The van der Waals surface area contributed by atoms with E-state index in [2.05, 4.69) is 5.32 Å². The molecule has 3 rings (SSSR count). The van der Waals surface area contributed by atoms with Crippen LogP contribution in [-0.2, 0) is 9.53 Å². The first-order valence-electron chi connectivity index (χ1n) is 8.56. The number of carbonyl (C=O) groups is 1. The topological polar surface area (TPSA) is 58.6 Å². The Kier molecular flexibility index (Phi) is 5.99. The van der Waals surface area contributed by atoms with Crippen molar-refractivity contribution < 1.29 is 14.6 Å². The number of ether oxygens (including phenoxy) is 1. The van der Waals surface area contributed by atoms with Crippen LogP contribution in [0.15, 0.2) is 72.8 Å². The molecular weight excluding hydrogens is 314 g/mol. The second-order valence-electron chi connectivity index (χ2n) is 6.25. The molecule has 0 radical (unpaired) electrons. The van der Waals surface area contributed by atoms with Gasteiger partial charge in [0.05, 0.1) is 0 Å². The van der Waals surface area contributed by atoms with E-state index in [0.717, 1.165) is 17.5 Å². The number of benzene rings is 2. The van der Waals surface area contributed by atoms with Gasteiger partial charge in [-0.2, -0.15) is 0 Å². The van der Waals surface area contributed by atoms with Crippen LogP contribution in [0, 0.1) is 5.92 Å². The highest BCUT2D eigenvalue weighted by Crippen LogP contribution is 2.25. The first kappa shape index (κ1) is 17.4. The Morgan fingerprint density at radius 1 is 1.04 bits per heavy atom. The summed E-state index contributed by atoms with van der Waals surface area (Å²) in [6.45, 7) is 0.103. The van der Waals surface area contributed by atoms with Gasteiger partial charge in [-0.1, -0.05) is 72.8 Å². The van der Waals surface area contributed by atoms with Gasteiger partial charge in [0, 0.05) is 18.6 Å². The van der Waals surface area contributed by atoms with Crippen molar-refractivity contribution in [2.24, 2.45) is 5.92 Å². The molecule has 0 aromatic heterocycles. The summed E-state index contributed by atoms with van der Waals surface area (Å²) in [5, 5.41) is 12.1. The normalized spacial score (nSPS) is 19.3. The van der Waals surface area contributed by atoms with Gasteiger partial charge in [-0.3, -0.25) is 4.79 Å². The van der Waals surface area contributed by atoms with Crippen LogP contribution in [0.3, 0.4) is 0 Å². The summed E-state index contributed by atoms with van der Waals surface area (Å²) in [7, 11) is 0. The van der Waals surface area contributed by atoms with Gasteiger partial charge in [0.1, 0.15) is 12.7 Å². The summed E-state index contributed by atoms with van der Waals surface area (Å²) in [4.78, 5) is 12.2. The molecule has 0 unspecified atom stereocenters. The van der Waals surface area contributed by atoms with E-state index in [1.807, 2.05) is 72.8 Å². The number of hydrogen-bond donors (Lipinski definition) is 2. The maximum absolute atomic E-state index is 12.2. The molecule has 4 heteroatoms. The zero-order chi connectivity index (χ0) is 17.5. The lowest BCUT2D eigenvalue weighted by Gasteiger charge is -2.20. The molecule has 1 aliphatic carbocycles. The molecule has 25 heavy (non-hydrogen) atoms. The van der Waals surface area contributed by atoms with Crippen LogP contribution in [0.5, 0.6) is 0 Å². The van der Waals surface area contributed by atoms with Crippen LogP contribution < -0.4 is 5.32 Å². The van der Waals surface area contributed by atoms with Crippen LogP contribution in [0.1, 0.15) is 23.7 Å². The largest absolute Gasteiger partial charge is 0.396 e. The average molecular weight is 337 g/mol. The molecule has 130 valence electrons. The molecule has 0 spiro atoms. The van der Waals surface area contributed by atoms with Crippen molar-refractivity contribution in [3.05, 3.63) is 83.9 Å². The van der Waals surface area contributed by atoms with E-state index in [1.54, 1.807) is 0 Å². The van der Waals surface area contributed by atoms with Gasteiger partial charge in [0.15, 0.2) is 0 Å². The van der Waals surface area contributed by atoms with E-state index < -0.39 is 0 Å². The SMILES string of the molecule is O=C(COC(c1ccccc1)c1ccccc1)N[C@@H]1C=C[C@H](CO)C1. The van der Waals surface area contributed by atoms with Crippen molar-refractivity contribution in [1.82, 2.24) is 5.32 Å². The molecule has 1 aliphatic rings. The molecular formula is C21H23NO3. The van der Waals surface area contributed by atoms with Crippen molar-refractivity contribution >= 4 is 5.91 Å². The lowest BCUT2D eigenvalue weighted by molar-refractivity contribution is -0.127. The number of nitrogens with one attached hydrogen (secondary N) is 1. The predicted octanol–water partition coefficient (Wildman–Crippen LogP) is 2.85. The molecule has 0 heterocycles. The van der Waals surface area contributed by atoms with E-state index in [1.165, 1.54) is 0 Å². The van der Waals surface area contributed by atoms with Crippen molar-refractivity contribution in [2.45, 2.75) is 18.6 Å². The first-order chi connectivity index (χ1) is 12.3. The minimum absolute atomic E-state index is 0.0113. The maximum Gasteiger partial charge on any atom is 0.246 e. The minimum Gasteiger partial charge on any atom is -0.396 e. The Balaban J connectivity index is 1.61. The second-order valence-corrected chi connectivity index (χ2v) is 6.25. The van der Waals surface area contributed by atoms with Crippen molar-refractivity contribution in [3.8, 4) is 0 Å². The molecule has 0 fully saturated rings. The summed E-state index contributed by atoms with van der Waals surface area (Å²) in [5.41, 5.74) is 2.03. The van der Waals surface area contributed by atoms with E-state index in [-0.39, 0.29) is 37.2 Å². The molecule has 0 saturated heterocycles. The molecule has 2 atom stereocenters. The van der Waals surface area contributed by atoms with Gasteiger partial charge in [-0.05, 0) is 17.5 Å². The van der Waals surface area contributed by atoms with Crippen LogP contribution in [0.25, 0.3) is 0 Å². The maximum atomic E-state index is 12.2. The van der Waals surface area contributed by atoms with Crippen LogP contribution >= 0.6 is 0 Å². The van der Waals surface area contributed by atoms with Gasteiger partial charge in [0.25, 0.3) is 0 Å². The highest BCUT2D eigenvalue weighted by Gasteiger charge is 2.21. The molecule has 2 aromatic carbocycles. The average Bonchev–Trinajstić information content (AvgIpc) is 3.11. The zero-order valence-corrected chi connectivity index (χ0v) is 14.0. The Morgan fingerprint density at radius 3 is 2.16 bits per heavy atom.